The number of aromatic nitrogens is 2. The van der Waals surface area contributed by atoms with Crippen LogP contribution in [0.25, 0.3) is 11.5 Å². The standard InChI is InChI=1S/C17H23N3O2S/c1-11(15(21)20(5)6)23-16-19-18-14(22-16)12-7-9-13(10-8-12)17(2,3)4/h7-11H,1-6H3/t11-/m0/s1. The van der Waals surface area contributed by atoms with Crippen LogP contribution < -0.4 is 0 Å². The summed E-state index contributed by atoms with van der Waals surface area (Å²) in [4.78, 5) is 13.4. The summed E-state index contributed by atoms with van der Waals surface area (Å²) in [7, 11) is 3.46. The number of amides is 1. The largest absolute Gasteiger partial charge is 0.411 e. The van der Waals surface area contributed by atoms with Crippen molar-refractivity contribution in [2.45, 2.75) is 43.6 Å². The third kappa shape index (κ3) is 4.34. The van der Waals surface area contributed by atoms with Gasteiger partial charge in [0.15, 0.2) is 0 Å². The van der Waals surface area contributed by atoms with E-state index in [1.165, 1.54) is 17.3 Å². The van der Waals surface area contributed by atoms with Gasteiger partial charge in [-0.25, -0.2) is 0 Å². The van der Waals surface area contributed by atoms with Crippen LogP contribution >= 0.6 is 11.8 Å². The van der Waals surface area contributed by atoms with Gasteiger partial charge >= 0.3 is 0 Å². The Morgan fingerprint density at radius 1 is 1.17 bits per heavy atom. The van der Waals surface area contributed by atoms with Gasteiger partial charge in [-0.3, -0.25) is 4.79 Å². The summed E-state index contributed by atoms with van der Waals surface area (Å²) in [5, 5.41) is 8.24. The van der Waals surface area contributed by atoms with Crippen molar-refractivity contribution in [3.63, 3.8) is 0 Å². The monoisotopic (exact) mass is 333 g/mol. The first-order valence-corrected chi connectivity index (χ1v) is 8.38. The van der Waals surface area contributed by atoms with Gasteiger partial charge in [0.05, 0.1) is 5.25 Å². The van der Waals surface area contributed by atoms with Crippen LogP contribution in [0.4, 0.5) is 0 Å². The molecule has 1 aromatic carbocycles. The molecule has 124 valence electrons. The number of thioether (sulfide) groups is 1. The van der Waals surface area contributed by atoms with E-state index in [4.69, 9.17) is 4.42 Å². The molecule has 1 aromatic heterocycles. The smallest absolute Gasteiger partial charge is 0.277 e. The molecule has 0 saturated heterocycles. The third-order valence-corrected chi connectivity index (χ3v) is 4.39. The lowest BCUT2D eigenvalue weighted by Gasteiger charge is -2.18. The minimum Gasteiger partial charge on any atom is -0.411 e. The molecule has 0 aliphatic heterocycles. The average molecular weight is 333 g/mol. The summed E-state index contributed by atoms with van der Waals surface area (Å²) in [6, 6.07) is 8.11. The molecule has 0 unspecified atom stereocenters. The van der Waals surface area contributed by atoms with Crippen LogP contribution in [0.15, 0.2) is 33.9 Å². The van der Waals surface area contributed by atoms with Crippen molar-refractivity contribution in [1.29, 1.82) is 0 Å². The minimum atomic E-state index is -0.262. The molecule has 0 aliphatic carbocycles. The second-order valence-electron chi connectivity index (χ2n) is 6.69. The van der Waals surface area contributed by atoms with E-state index in [9.17, 15) is 4.79 Å². The molecular weight excluding hydrogens is 310 g/mol. The Morgan fingerprint density at radius 3 is 2.30 bits per heavy atom. The zero-order valence-electron chi connectivity index (χ0n) is 14.5. The fourth-order valence-corrected chi connectivity index (χ4v) is 2.88. The van der Waals surface area contributed by atoms with Gasteiger partial charge in [0.1, 0.15) is 0 Å². The van der Waals surface area contributed by atoms with Gasteiger partial charge in [-0.2, -0.15) is 0 Å². The van der Waals surface area contributed by atoms with Crippen molar-refractivity contribution in [1.82, 2.24) is 15.1 Å². The Kier molecular flexibility index (Phi) is 5.14. The van der Waals surface area contributed by atoms with Crippen LogP contribution in [-0.4, -0.2) is 40.3 Å². The maximum absolute atomic E-state index is 11.9. The fourth-order valence-electron chi connectivity index (χ4n) is 2.05. The van der Waals surface area contributed by atoms with Crippen molar-refractivity contribution < 1.29 is 9.21 Å². The molecule has 0 saturated carbocycles. The van der Waals surface area contributed by atoms with Gasteiger partial charge in [-0.15, -0.1) is 10.2 Å². The van der Waals surface area contributed by atoms with E-state index in [0.717, 1.165) is 5.56 Å². The molecule has 23 heavy (non-hydrogen) atoms. The second kappa shape index (κ2) is 6.74. The lowest BCUT2D eigenvalue weighted by atomic mass is 9.87. The normalized spacial score (nSPS) is 13.0. The van der Waals surface area contributed by atoms with Gasteiger partial charge in [-0.1, -0.05) is 44.7 Å². The molecule has 0 aliphatic rings. The first-order chi connectivity index (χ1) is 10.7. The molecule has 0 radical (unpaired) electrons. The average Bonchev–Trinajstić information content (AvgIpc) is 2.94. The zero-order valence-corrected chi connectivity index (χ0v) is 15.3. The van der Waals surface area contributed by atoms with Crippen LogP contribution in [0.5, 0.6) is 0 Å². The molecule has 1 heterocycles. The van der Waals surface area contributed by atoms with Gasteiger partial charge < -0.3 is 9.32 Å². The van der Waals surface area contributed by atoms with Crippen molar-refractivity contribution in [3.8, 4) is 11.5 Å². The summed E-state index contributed by atoms with van der Waals surface area (Å²) in [5.74, 6) is 0.488. The minimum absolute atomic E-state index is 0.0179. The summed E-state index contributed by atoms with van der Waals surface area (Å²) < 4.78 is 5.67. The summed E-state index contributed by atoms with van der Waals surface area (Å²) in [5.41, 5.74) is 2.24. The Balaban J connectivity index is 2.12. The summed E-state index contributed by atoms with van der Waals surface area (Å²) >= 11 is 1.27. The molecule has 2 aromatic rings. The van der Waals surface area contributed by atoms with E-state index in [0.29, 0.717) is 11.1 Å². The van der Waals surface area contributed by atoms with Gasteiger partial charge in [-0.05, 0) is 30.0 Å². The molecule has 1 atom stereocenters. The van der Waals surface area contributed by atoms with Gasteiger partial charge in [0.25, 0.3) is 5.22 Å². The van der Waals surface area contributed by atoms with E-state index in [1.807, 2.05) is 19.1 Å². The van der Waals surface area contributed by atoms with E-state index >= 15 is 0 Å². The van der Waals surface area contributed by atoms with Crippen LogP contribution in [-0.2, 0) is 10.2 Å². The Morgan fingerprint density at radius 2 is 1.78 bits per heavy atom. The fraction of sp³-hybridized carbons (Fsp3) is 0.471. The highest BCUT2D eigenvalue weighted by atomic mass is 32.2. The molecule has 0 N–H and O–H groups in total. The maximum Gasteiger partial charge on any atom is 0.277 e. The van der Waals surface area contributed by atoms with Crippen molar-refractivity contribution in [3.05, 3.63) is 29.8 Å². The topological polar surface area (TPSA) is 59.2 Å². The molecule has 0 spiro atoms. The van der Waals surface area contributed by atoms with E-state index in [2.05, 4.69) is 43.1 Å². The van der Waals surface area contributed by atoms with Crippen LogP contribution in [0, 0.1) is 0 Å². The van der Waals surface area contributed by atoms with Gasteiger partial charge in [0, 0.05) is 19.7 Å². The molecule has 6 heteroatoms. The number of hydrogen-bond donors (Lipinski definition) is 0. The van der Waals surface area contributed by atoms with Crippen LogP contribution in [0.2, 0.25) is 0 Å². The quantitative estimate of drug-likeness (QED) is 0.800. The Labute approximate surface area is 141 Å². The van der Waals surface area contributed by atoms with Crippen molar-refractivity contribution in [2.75, 3.05) is 14.1 Å². The van der Waals surface area contributed by atoms with E-state index < -0.39 is 0 Å². The zero-order chi connectivity index (χ0) is 17.2. The lowest BCUT2D eigenvalue weighted by molar-refractivity contribution is -0.127. The highest BCUT2D eigenvalue weighted by Crippen LogP contribution is 2.28. The van der Waals surface area contributed by atoms with Crippen molar-refractivity contribution in [2.24, 2.45) is 0 Å². The highest BCUT2D eigenvalue weighted by Gasteiger charge is 2.20. The lowest BCUT2D eigenvalue weighted by Crippen LogP contribution is -2.29. The number of carbonyl (C=O) groups excluding carboxylic acids is 1. The number of rotatable bonds is 4. The molecule has 5 nitrogen and oxygen atoms in total. The Hall–Kier alpha value is -1.82. The first-order valence-electron chi connectivity index (χ1n) is 7.50. The molecule has 2 rings (SSSR count). The van der Waals surface area contributed by atoms with Crippen molar-refractivity contribution >= 4 is 17.7 Å². The predicted octanol–water partition coefficient (Wildman–Crippen LogP) is 3.60. The molecule has 1 amide bonds. The third-order valence-electron chi connectivity index (χ3n) is 3.47. The molecule has 0 fully saturated rings. The molecular formula is C17H23N3O2S. The Bertz CT molecular complexity index is 672. The maximum atomic E-state index is 11.9. The van der Waals surface area contributed by atoms with Crippen LogP contribution in [0.1, 0.15) is 33.3 Å². The number of nitrogens with zero attached hydrogens (tertiary/aromatic N) is 3. The van der Waals surface area contributed by atoms with E-state index in [1.54, 1.807) is 19.0 Å². The predicted molar refractivity (Wildman–Crippen MR) is 92.4 cm³/mol. The number of hydrogen-bond acceptors (Lipinski definition) is 5. The van der Waals surface area contributed by atoms with E-state index in [-0.39, 0.29) is 16.6 Å². The van der Waals surface area contributed by atoms with Gasteiger partial charge in [0.2, 0.25) is 11.8 Å². The first kappa shape index (κ1) is 17.5. The summed E-state index contributed by atoms with van der Waals surface area (Å²) in [6.07, 6.45) is 0. The second-order valence-corrected chi connectivity index (χ2v) is 7.99. The van der Waals surface area contributed by atoms with Crippen LogP contribution in [0.3, 0.4) is 0 Å². The summed E-state index contributed by atoms with van der Waals surface area (Å²) in [6.45, 7) is 8.35. The highest BCUT2D eigenvalue weighted by molar-refractivity contribution is 8.00. The molecule has 0 bridgehead atoms. The number of carbonyl (C=O) groups is 1. The SMILES string of the molecule is C[C@H](Sc1nnc(-c2ccc(C(C)(C)C)cc2)o1)C(=O)N(C)C. The number of benzene rings is 1.